The van der Waals surface area contributed by atoms with E-state index in [1.54, 1.807) is 45.0 Å². The van der Waals surface area contributed by atoms with Crippen molar-refractivity contribution >= 4 is 273 Å². The number of carbonyl (C=O) groups is 6. The molecular formula is C117H101Br4I5NO15S5+5. The number of alkyl halides is 9. The fourth-order valence-electron chi connectivity index (χ4n) is 16.7. The van der Waals surface area contributed by atoms with Crippen LogP contribution < -0.4 is 28.4 Å². The summed E-state index contributed by atoms with van der Waals surface area (Å²) in [5.74, 6) is 4.08. The van der Waals surface area contributed by atoms with Gasteiger partial charge in [0.15, 0.2) is 85.2 Å². The highest BCUT2D eigenvalue weighted by Crippen LogP contribution is 2.60. The molecule has 0 saturated heterocycles. The molecule has 752 valence electrons. The van der Waals surface area contributed by atoms with Crippen LogP contribution in [-0.4, -0.2) is 66.7 Å². The first-order valence-corrected chi connectivity index (χ1v) is 61.7. The Bertz CT molecular complexity index is 6540. The van der Waals surface area contributed by atoms with Gasteiger partial charge in [0, 0.05) is 24.3 Å². The molecule has 15 aromatic carbocycles. The number of benzene rings is 15. The maximum absolute atomic E-state index is 12.9. The molecule has 15 aromatic rings. The monoisotopic (exact) mass is 2870 g/mol. The third kappa shape index (κ3) is 32.9. The Morgan fingerprint density at radius 3 is 0.796 bits per heavy atom. The number of hydrogen-bond acceptors (Lipinski definition) is 15. The van der Waals surface area contributed by atoms with E-state index < -0.39 is 28.8 Å². The lowest BCUT2D eigenvalue weighted by atomic mass is 9.50. The van der Waals surface area contributed by atoms with Gasteiger partial charge in [0.2, 0.25) is 1.24 Å². The molecule has 5 unspecified atom stereocenters. The van der Waals surface area contributed by atoms with Crippen LogP contribution in [0, 0.1) is 33.8 Å². The Hall–Kier alpha value is -8.36. The third-order valence-corrected chi connectivity index (χ3v) is 38.4. The first-order chi connectivity index (χ1) is 70.6. The third-order valence-electron chi connectivity index (χ3n) is 23.6. The van der Waals surface area contributed by atoms with Crippen molar-refractivity contribution in [1.82, 2.24) is 0 Å². The number of nitrogens with zero attached hydrogens (tertiary/aromatic N) is 1. The zero-order valence-corrected chi connectivity index (χ0v) is 101. The topological polar surface area (TPSA) is 210 Å². The van der Waals surface area contributed by atoms with E-state index in [2.05, 4.69) is 263 Å². The molecule has 16 nitrogen and oxygen atoms in total. The number of halogens is 9. The number of nitro benzene ring substituents is 1. The first kappa shape index (κ1) is 114. The summed E-state index contributed by atoms with van der Waals surface area (Å²) in [7, 11) is -1.42. The number of nitro groups is 1. The highest BCUT2D eigenvalue weighted by atomic mass is 127. The van der Waals surface area contributed by atoms with Crippen LogP contribution in [0.25, 0.3) is 0 Å². The molecule has 30 heteroatoms. The van der Waals surface area contributed by atoms with E-state index >= 15 is 0 Å². The molecule has 5 atom stereocenters. The number of rotatable bonds is 30. The molecule has 19 rings (SSSR count). The van der Waals surface area contributed by atoms with Crippen LogP contribution in [-0.2, 0) is 88.0 Å². The summed E-state index contributed by atoms with van der Waals surface area (Å²) in [6, 6.07) is 136. The normalized spacial score (nSPS) is 16.5. The number of hydrogen-bond donors (Lipinski definition) is 0. The van der Waals surface area contributed by atoms with Crippen LogP contribution in [0.3, 0.4) is 0 Å². The first-order valence-electron chi connectivity index (χ1n) is 46.6. The minimum Gasteiger partial charge on any atom is -0.482 e. The zero-order valence-electron chi connectivity index (χ0n) is 80.0. The number of carbonyl (C=O) groups excluding carboxylic acids is 6. The molecule has 4 aliphatic rings. The summed E-state index contributed by atoms with van der Waals surface area (Å²) >= 11 is 23.0. The molecule has 0 spiro atoms. The van der Waals surface area contributed by atoms with Gasteiger partial charge in [0.05, 0.1) is 59.4 Å². The second kappa shape index (κ2) is 54.8. The van der Waals surface area contributed by atoms with E-state index in [1.165, 1.54) is 93.2 Å². The van der Waals surface area contributed by atoms with Gasteiger partial charge < -0.3 is 33.2 Å². The fraction of sp³-hybridized carbons (Fsp3) is 0.179. The molecule has 0 aliphatic heterocycles. The Morgan fingerprint density at radius 2 is 0.565 bits per heavy atom. The molecular weight excluding hydrogens is 2770 g/mol. The highest BCUT2D eigenvalue weighted by Gasteiger charge is 2.57. The van der Waals surface area contributed by atoms with Crippen LogP contribution >= 0.6 is 177 Å². The van der Waals surface area contributed by atoms with Crippen LogP contribution in [0.1, 0.15) is 66.7 Å². The molecule has 0 N–H and O–H groups in total. The smallest absolute Gasteiger partial charge is 0.349 e. The van der Waals surface area contributed by atoms with E-state index in [4.69, 9.17) is 33.2 Å². The molecule has 4 aliphatic carbocycles. The summed E-state index contributed by atoms with van der Waals surface area (Å²) in [4.78, 5) is 101. The van der Waals surface area contributed by atoms with Crippen molar-refractivity contribution in [2.75, 3.05) is 6.61 Å². The molecule has 147 heavy (non-hydrogen) atoms. The molecule has 0 amide bonds. The maximum Gasteiger partial charge on any atom is 0.349 e. The van der Waals surface area contributed by atoms with Gasteiger partial charge in [-0.25, -0.2) is 19.2 Å². The Balaban J connectivity index is 0.000000147. The summed E-state index contributed by atoms with van der Waals surface area (Å²) in [6.07, 6.45) is 6.19. The average Bonchev–Trinajstić information content (AvgIpc) is 0.730. The number of esters is 6. The lowest BCUT2D eigenvalue weighted by Gasteiger charge is -2.59. The van der Waals surface area contributed by atoms with Gasteiger partial charge in [0.1, 0.15) is 47.4 Å². The van der Waals surface area contributed by atoms with Gasteiger partial charge in [-0.3, -0.25) is 19.7 Å². The SMILES string of the molecule is CC(Br)(I)C(=O)Oc1ccc([S+](c2ccccc2)c2ccccc2)cc1.CC(C)(I)C(=O)Oc1ccc([S+](c2ccccc2)c2ccc([N+](=O)[O-])cc2)cc1.CC(I)C(=O)Oc1ccc([S+](c2ccccc2)c2ccc(OCC(=O)OC3(C)C4CC5CC(C4)CC3C5)cc2)cc1.O=C(Oc1ccc([S+](c2ccccc2)c2ccccc2)cc1)C(Br)(Br)I.O=C(Oc1ccc([S+](c2ccccc2)c2ccccc2)cc1)C(Br)I. The quantitative estimate of drug-likeness (QED) is 0.00779. The predicted octanol–water partition coefficient (Wildman–Crippen LogP) is 32.1. The van der Waals surface area contributed by atoms with Crippen LogP contribution in [0.2, 0.25) is 0 Å². The molecule has 4 saturated carbocycles. The number of ether oxygens (including phenoxy) is 7. The van der Waals surface area contributed by atoms with E-state index in [-0.39, 0.29) is 98.1 Å². The van der Waals surface area contributed by atoms with E-state index in [0.717, 1.165) is 36.3 Å². The lowest BCUT2D eigenvalue weighted by molar-refractivity contribution is -0.384. The van der Waals surface area contributed by atoms with Crippen molar-refractivity contribution in [2.24, 2.45) is 23.7 Å². The number of non-ortho nitro benzene ring substituents is 1. The summed E-state index contributed by atoms with van der Waals surface area (Å²) < 4.78 is 36.3. The standard InChI is InChI=1S/C34H36IO5S.C22H19INO4S.C21H17BrIO2S.C20H14Br2IO2S.C20H15BrIO2S/c1-22(35)33(37)39-28-10-14-31(15-11-28)41(29-6-4-3-5-7-29)30-12-8-27(9-13-30)38-21-32(36)40-34(2)25-17-23-16-24(19-25)20-26(34)18-23;1-22(2,23)21(25)28-17-10-14-20(15-11-17)29(18-6-4-3-5-7-18)19-12-8-16(9-13-19)24(26)27;1-21(22,23)20(24)25-16-12-14-19(15-13-16)26(17-8-4-2-5-9-17)18-10-6-3-7-11-18;21-20(22,23)19(24)25-15-11-13-18(14-12-15)26(16-7-3-1-4-8-16)17-9-5-2-6-10-17;21-19(22)20(23)24-15-11-13-18(14-12-15)25(16-7-3-1-4-8-16)17-9-5-2-6-10-17/h3-15,22-26H,16-21H2,1-2H3;3-15H,1-2H3;2-15H,1H3;1-14H;1-14,19H/q5*+1. The van der Waals surface area contributed by atoms with Crippen molar-refractivity contribution in [1.29, 1.82) is 0 Å². The summed E-state index contributed by atoms with van der Waals surface area (Å²) in [6.45, 7) is 9.24. The molecule has 4 bridgehead atoms. The molecule has 0 aromatic heterocycles. The van der Waals surface area contributed by atoms with Crippen LogP contribution in [0.15, 0.2) is 486 Å². The maximum atomic E-state index is 12.9. The Labute approximate surface area is 974 Å². The van der Waals surface area contributed by atoms with Gasteiger partial charge in [-0.2, -0.15) is 0 Å². The molecule has 4 fully saturated rings. The van der Waals surface area contributed by atoms with Gasteiger partial charge in [-0.1, -0.05) is 268 Å². The van der Waals surface area contributed by atoms with Crippen molar-refractivity contribution in [3.63, 3.8) is 0 Å². The predicted molar refractivity (Wildman–Crippen MR) is 644 cm³/mol. The Morgan fingerprint density at radius 1 is 0.340 bits per heavy atom. The minimum absolute atomic E-state index is 0.0639. The zero-order chi connectivity index (χ0) is 104. The summed E-state index contributed by atoms with van der Waals surface area (Å²) in [5.41, 5.74) is -0.279. The van der Waals surface area contributed by atoms with Gasteiger partial charge in [-0.15, -0.1) is 0 Å². The van der Waals surface area contributed by atoms with Crippen molar-refractivity contribution < 1.29 is 66.8 Å². The van der Waals surface area contributed by atoms with E-state index in [9.17, 15) is 38.9 Å². The largest absolute Gasteiger partial charge is 0.482 e. The van der Waals surface area contributed by atoms with Crippen molar-refractivity contribution in [2.45, 2.75) is 160 Å². The average molecular weight is 2880 g/mol. The summed E-state index contributed by atoms with van der Waals surface area (Å²) in [5, 5.41) is 11.0. The fourth-order valence-corrected chi connectivity index (χ4v) is 28.0. The second-order valence-corrected chi connectivity index (χ2v) is 66.5. The van der Waals surface area contributed by atoms with Crippen LogP contribution in [0.4, 0.5) is 5.69 Å². The lowest BCUT2D eigenvalue weighted by Crippen LogP contribution is -2.58. The molecule has 0 radical (unpaired) electrons. The Kier molecular flexibility index (Phi) is 42.5. The minimum atomic E-state index is -0.922. The van der Waals surface area contributed by atoms with Crippen molar-refractivity contribution in [3.05, 3.63) is 423 Å². The van der Waals surface area contributed by atoms with Gasteiger partial charge in [-0.05, 0) is 387 Å². The highest BCUT2D eigenvalue weighted by molar-refractivity contribution is 14.1. The van der Waals surface area contributed by atoms with E-state index in [0.29, 0.717) is 46.3 Å². The van der Waals surface area contributed by atoms with Crippen molar-refractivity contribution in [3.8, 4) is 34.5 Å². The molecule has 0 heterocycles. The van der Waals surface area contributed by atoms with Gasteiger partial charge in [0.25, 0.3) is 5.69 Å². The van der Waals surface area contributed by atoms with Gasteiger partial charge >= 0.3 is 35.8 Å². The second-order valence-electron chi connectivity index (χ2n) is 34.7. The van der Waals surface area contributed by atoms with Crippen LogP contribution in [0.5, 0.6) is 34.5 Å². The van der Waals surface area contributed by atoms with E-state index in [1.807, 2.05) is 304 Å².